The maximum Gasteiger partial charge on any atom is 0.251 e. The van der Waals surface area contributed by atoms with Crippen molar-refractivity contribution in [1.29, 1.82) is 0 Å². The van der Waals surface area contributed by atoms with E-state index in [1.807, 2.05) is 6.92 Å². The third-order valence-electron chi connectivity index (χ3n) is 2.35. The third-order valence-corrected chi connectivity index (χ3v) is 2.35. The first-order chi connectivity index (χ1) is 8.06. The van der Waals surface area contributed by atoms with Gasteiger partial charge in [-0.25, -0.2) is 0 Å². The average molecular weight is 239 g/mol. The molecular weight excluding hydrogens is 222 g/mol. The molecular formula is C11H17N3O3. The molecule has 6 nitrogen and oxygen atoms in total. The molecule has 1 aromatic heterocycles. The Hall–Kier alpha value is -1.82. The molecule has 0 radical (unpaired) electrons. The molecule has 6 heteroatoms. The maximum absolute atomic E-state index is 11.8. The minimum Gasteiger partial charge on any atom is -0.494 e. The normalized spacial score (nSPS) is 12.1. The number of pyridine rings is 1. The van der Waals surface area contributed by atoms with E-state index in [9.17, 15) is 14.7 Å². The molecule has 0 aromatic carbocycles. The molecule has 1 atom stereocenters. The van der Waals surface area contributed by atoms with Gasteiger partial charge in [0.15, 0.2) is 5.88 Å². The minimum absolute atomic E-state index is 0.117. The van der Waals surface area contributed by atoms with E-state index < -0.39 is 11.5 Å². The van der Waals surface area contributed by atoms with E-state index in [1.54, 1.807) is 0 Å². The molecule has 0 spiro atoms. The fourth-order valence-electron chi connectivity index (χ4n) is 1.53. The number of aromatic amines is 1. The molecule has 0 aliphatic carbocycles. The van der Waals surface area contributed by atoms with Gasteiger partial charge in [0.05, 0.1) is 5.56 Å². The molecule has 1 heterocycles. The number of amides is 1. The number of nitrogens with one attached hydrogen (secondary N) is 2. The van der Waals surface area contributed by atoms with Crippen molar-refractivity contribution in [3.8, 4) is 5.88 Å². The Balaban J connectivity index is 2.78. The van der Waals surface area contributed by atoms with Crippen molar-refractivity contribution < 1.29 is 9.90 Å². The average Bonchev–Trinajstić information content (AvgIpc) is 2.27. The fraction of sp³-hybridized carbons (Fsp3) is 0.455. The zero-order valence-electron chi connectivity index (χ0n) is 9.69. The van der Waals surface area contributed by atoms with Crippen LogP contribution in [0.4, 0.5) is 0 Å². The maximum atomic E-state index is 11.8. The zero-order chi connectivity index (χ0) is 12.8. The van der Waals surface area contributed by atoms with Crippen molar-refractivity contribution in [3.05, 3.63) is 28.0 Å². The highest BCUT2D eigenvalue weighted by Gasteiger charge is 2.12. The molecule has 1 amide bonds. The summed E-state index contributed by atoms with van der Waals surface area (Å²) in [5.74, 6) is -0.738. The van der Waals surface area contributed by atoms with Crippen LogP contribution in [0, 0.1) is 0 Å². The summed E-state index contributed by atoms with van der Waals surface area (Å²) in [5, 5.41) is 11.9. The molecule has 0 aliphatic heterocycles. The number of aromatic nitrogens is 1. The second-order valence-corrected chi connectivity index (χ2v) is 3.81. The van der Waals surface area contributed by atoms with Gasteiger partial charge in [-0.1, -0.05) is 13.3 Å². The van der Waals surface area contributed by atoms with Gasteiger partial charge in [-0.05, 0) is 6.42 Å². The Bertz CT molecular complexity index is 442. The van der Waals surface area contributed by atoms with Gasteiger partial charge in [0.1, 0.15) is 0 Å². The summed E-state index contributed by atoms with van der Waals surface area (Å²) in [6.07, 6.45) is 1.68. The number of H-pyrrole nitrogens is 1. The van der Waals surface area contributed by atoms with Gasteiger partial charge in [0, 0.05) is 24.7 Å². The summed E-state index contributed by atoms with van der Waals surface area (Å²) in [5.41, 5.74) is 5.12. The Labute approximate surface area is 98.8 Å². The van der Waals surface area contributed by atoms with Crippen molar-refractivity contribution in [1.82, 2.24) is 10.3 Å². The van der Waals surface area contributed by atoms with Crippen LogP contribution in [-0.4, -0.2) is 28.6 Å². The van der Waals surface area contributed by atoms with Gasteiger partial charge < -0.3 is 16.2 Å². The van der Waals surface area contributed by atoms with Crippen LogP contribution in [0.2, 0.25) is 0 Å². The number of nitrogens with two attached hydrogens (primary N) is 1. The first-order valence-electron chi connectivity index (χ1n) is 5.51. The summed E-state index contributed by atoms with van der Waals surface area (Å²) >= 11 is 0. The molecule has 17 heavy (non-hydrogen) atoms. The Morgan fingerprint density at radius 2 is 2.29 bits per heavy atom. The van der Waals surface area contributed by atoms with Gasteiger partial charge in [0.2, 0.25) is 0 Å². The van der Waals surface area contributed by atoms with Crippen LogP contribution in [0.3, 0.4) is 0 Å². The number of carbonyl (C=O) groups is 1. The predicted octanol–water partition coefficient (Wildman–Crippen LogP) is -0.0623. The predicted molar refractivity (Wildman–Crippen MR) is 63.9 cm³/mol. The first-order valence-corrected chi connectivity index (χ1v) is 5.51. The Morgan fingerprint density at radius 3 is 2.82 bits per heavy atom. The fourth-order valence-corrected chi connectivity index (χ4v) is 1.53. The summed E-state index contributed by atoms with van der Waals surface area (Å²) in [6.45, 7) is 2.34. The van der Waals surface area contributed by atoms with Crippen LogP contribution < -0.4 is 16.6 Å². The summed E-state index contributed by atoms with van der Waals surface area (Å²) in [6, 6.07) is 2.22. The van der Waals surface area contributed by atoms with Crippen LogP contribution in [0.1, 0.15) is 30.1 Å². The minimum atomic E-state index is -0.519. The monoisotopic (exact) mass is 239 g/mol. The van der Waals surface area contributed by atoms with Crippen LogP contribution >= 0.6 is 0 Å². The highest BCUT2D eigenvalue weighted by molar-refractivity contribution is 5.94. The molecule has 0 saturated heterocycles. The SMILES string of the molecule is CCCC(CN)NC(=O)c1cc(O)[nH]c(=O)c1. The lowest BCUT2D eigenvalue weighted by molar-refractivity contribution is 0.0935. The molecule has 5 N–H and O–H groups in total. The van der Waals surface area contributed by atoms with E-state index in [0.29, 0.717) is 6.54 Å². The number of aromatic hydroxyl groups is 1. The van der Waals surface area contributed by atoms with Gasteiger partial charge in [-0.15, -0.1) is 0 Å². The van der Waals surface area contributed by atoms with Gasteiger partial charge >= 0.3 is 0 Å². The van der Waals surface area contributed by atoms with E-state index >= 15 is 0 Å². The van der Waals surface area contributed by atoms with Crippen LogP contribution in [-0.2, 0) is 0 Å². The van der Waals surface area contributed by atoms with E-state index in [1.165, 1.54) is 6.07 Å². The van der Waals surface area contributed by atoms with E-state index in [2.05, 4.69) is 10.3 Å². The number of hydrogen-bond donors (Lipinski definition) is 4. The van der Waals surface area contributed by atoms with Crippen molar-refractivity contribution in [2.75, 3.05) is 6.54 Å². The lowest BCUT2D eigenvalue weighted by atomic mass is 10.1. The van der Waals surface area contributed by atoms with E-state index in [4.69, 9.17) is 5.73 Å². The highest BCUT2D eigenvalue weighted by atomic mass is 16.3. The largest absolute Gasteiger partial charge is 0.494 e. The Morgan fingerprint density at radius 1 is 1.59 bits per heavy atom. The molecule has 1 rings (SSSR count). The number of hydrogen-bond acceptors (Lipinski definition) is 4. The molecule has 0 aliphatic rings. The summed E-state index contributed by atoms with van der Waals surface area (Å²) < 4.78 is 0. The lowest BCUT2D eigenvalue weighted by Gasteiger charge is -2.15. The lowest BCUT2D eigenvalue weighted by Crippen LogP contribution is -2.40. The molecule has 1 aromatic rings. The van der Waals surface area contributed by atoms with Crippen LogP contribution in [0.25, 0.3) is 0 Å². The second-order valence-electron chi connectivity index (χ2n) is 3.81. The topological polar surface area (TPSA) is 108 Å². The standard InChI is InChI=1S/C11H17N3O3/c1-2-3-8(6-12)13-11(17)7-4-9(15)14-10(16)5-7/h4-5,8H,2-3,6,12H2,1H3,(H,13,17)(H2,14,15,16). The van der Waals surface area contributed by atoms with Crippen molar-refractivity contribution >= 4 is 5.91 Å². The van der Waals surface area contributed by atoms with Crippen LogP contribution in [0.15, 0.2) is 16.9 Å². The summed E-state index contributed by atoms with van der Waals surface area (Å²) in [4.78, 5) is 25.0. The van der Waals surface area contributed by atoms with Crippen molar-refractivity contribution in [2.24, 2.45) is 5.73 Å². The molecule has 1 unspecified atom stereocenters. The smallest absolute Gasteiger partial charge is 0.251 e. The Kier molecular flexibility index (Phi) is 4.71. The number of rotatable bonds is 5. The van der Waals surface area contributed by atoms with E-state index in [-0.39, 0.29) is 17.5 Å². The molecule has 0 bridgehead atoms. The zero-order valence-corrected chi connectivity index (χ0v) is 9.69. The molecule has 0 fully saturated rings. The second kappa shape index (κ2) is 6.05. The van der Waals surface area contributed by atoms with Gasteiger partial charge in [0.25, 0.3) is 11.5 Å². The van der Waals surface area contributed by atoms with Gasteiger partial charge in [-0.3, -0.25) is 14.6 Å². The van der Waals surface area contributed by atoms with Crippen molar-refractivity contribution in [3.63, 3.8) is 0 Å². The summed E-state index contributed by atoms with van der Waals surface area (Å²) in [7, 11) is 0. The number of carbonyl (C=O) groups excluding carboxylic acids is 1. The quantitative estimate of drug-likeness (QED) is 0.577. The molecule has 94 valence electrons. The first kappa shape index (κ1) is 13.2. The molecule has 0 saturated carbocycles. The third kappa shape index (κ3) is 3.92. The van der Waals surface area contributed by atoms with Gasteiger partial charge in [-0.2, -0.15) is 0 Å². The van der Waals surface area contributed by atoms with Crippen LogP contribution in [0.5, 0.6) is 5.88 Å². The van der Waals surface area contributed by atoms with E-state index in [0.717, 1.165) is 18.9 Å². The highest BCUT2D eigenvalue weighted by Crippen LogP contribution is 2.05. The van der Waals surface area contributed by atoms with Crippen molar-refractivity contribution in [2.45, 2.75) is 25.8 Å².